The van der Waals surface area contributed by atoms with Gasteiger partial charge in [-0.25, -0.2) is 4.68 Å². The Morgan fingerprint density at radius 3 is 2.66 bits per heavy atom. The molecule has 0 saturated heterocycles. The van der Waals surface area contributed by atoms with Crippen LogP contribution in [0.2, 0.25) is 0 Å². The Hall–Kier alpha value is -3.53. The van der Waals surface area contributed by atoms with E-state index >= 15 is 0 Å². The summed E-state index contributed by atoms with van der Waals surface area (Å²) in [4.78, 5) is 22.7. The van der Waals surface area contributed by atoms with E-state index in [1.807, 2.05) is 31.2 Å². The van der Waals surface area contributed by atoms with Gasteiger partial charge < -0.3 is 14.5 Å². The van der Waals surface area contributed by atoms with E-state index in [-0.39, 0.29) is 29.6 Å². The van der Waals surface area contributed by atoms with Crippen LogP contribution < -0.4 is 10.1 Å². The minimum atomic E-state index is -0.493. The summed E-state index contributed by atoms with van der Waals surface area (Å²) in [5.41, 5.74) is 2.12. The maximum atomic E-state index is 12.3. The third-order valence-corrected chi connectivity index (χ3v) is 4.31. The first-order valence-corrected chi connectivity index (χ1v) is 9.04. The number of aryl methyl sites for hydroxylation is 2. The number of hydrogen-bond acceptors (Lipinski definition) is 7. The van der Waals surface area contributed by atoms with Crippen molar-refractivity contribution < 1.29 is 18.9 Å². The van der Waals surface area contributed by atoms with Crippen LogP contribution in [-0.4, -0.2) is 20.6 Å². The van der Waals surface area contributed by atoms with Crippen molar-refractivity contribution in [1.29, 1.82) is 0 Å². The van der Waals surface area contributed by atoms with Gasteiger partial charge in [-0.15, -0.1) is 5.10 Å². The van der Waals surface area contributed by atoms with E-state index in [0.717, 1.165) is 5.56 Å². The van der Waals surface area contributed by atoms with Crippen molar-refractivity contribution in [1.82, 2.24) is 9.78 Å². The standard InChI is InChI=1S/C19H18N4O5S/c1-12-3-6-15(7-4-12)27-11-18-21-22(19(29)28-18)10-17(24)20-16-8-5-14(23(25)26)9-13(16)2/h3-9H,10-11H2,1-2H3,(H,20,24). The van der Waals surface area contributed by atoms with Gasteiger partial charge in [0.25, 0.3) is 16.4 Å². The van der Waals surface area contributed by atoms with Crippen LogP contribution in [0.3, 0.4) is 0 Å². The third-order valence-electron chi connectivity index (χ3n) is 4.02. The number of carbonyl (C=O) groups is 1. The smallest absolute Gasteiger partial charge is 0.287 e. The molecule has 0 radical (unpaired) electrons. The number of hydrogen-bond donors (Lipinski definition) is 1. The van der Waals surface area contributed by atoms with E-state index in [4.69, 9.17) is 21.4 Å². The Kier molecular flexibility index (Phi) is 6.03. The number of non-ortho nitro benzene ring substituents is 1. The van der Waals surface area contributed by atoms with Crippen LogP contribution >= 0.6 is 12.2 Å². The van der Waals surface area contributed by atoms with Gasteiger partial charge in [0.2, 0.25) is 5.91 Å². The van der Waals surface area contributed by atoms with Crippen molar-refractivity contribution in [3.63, 3.8) is 0 Å². The summed E-state index contributed by atoms with van der Waals surface area (Å²) in [6, 6.07) is 11.7. The fourth-order valence-corrected chi connectivity index (χ4v) is 2.72. The fourth-order valence-electron chi connectivity index (χ4n) is 2.51. The van der Waals surface area contributed by atoms with Crippen LogP contribution in [0, 0.1) is 28.8 Å². The van der Waals surface area contributed by atoms with Crippen LogP contribution in [0.5, 0.6) is 5.75 Å². The molecule has 10 heteroatoms. The first kappa shape index (κ1) is 20.2. The molecule has 9 nitrogen and oxygen atoms in total. The van der Waals surface area contributed by atoms with Crippen molar-refractivity contribution in [3.05, 3.63) is 74.4 Å². The lowest BCUT2D eigenvalue weighted by molar-refractivity contribution is -0.384. The number of benzene rings is 2. The highest BCUT2D eigenvalue weighted by atomic mass is 32.1. The maximum absolute atomic E-state index is 12.3. The average molecular weight is 414 g/mol. The largest absolute Gasteiger partial charge is 0.484 e. The second-order valence-corrected chi connectivity index (χ2v) is 6.67. The molecule has 1 N–H and O–H groups in total. The zero-order valence-corrected chi connectivity index (χ0v) is 16.6. The molecule has 1 amide bonds. The number of nitro benzene ring substituents is 1. The Morgan fingerprint density at radius 2 is 2.00 bits per heavy atom. The normalized spacial score (nSPS) is 10.6. The number of ether oxygens (including phenoxy) is 1. The zero-order chi connectivity index (χ0) is 21.0. The number of nitro groups is 1. The Morgan fingerprint density at radius 1 is 1.28 bits per heavy atom. The van der Waals surface area contributed by atoms with Crippen LogP contribution in [0.4, 0.5) is 11.4 Å². The van der Waals surface area contributed by atoms with Gasteiger partial charge >= 0.3 is 0 Å². The summed E-state index contributed by atoms with van der Waals surface area (Å²) in [6.45, 7) is 3.56. The van der Waals surface area contributed by atoms with Gasteiger partial charge in [-0.1, -0.05) is 17.7 Å². The number of aromatic nitrogens is 2. The SMILES string of the molecule is Cc1ccc(OCc2nn(CC(=O)Nc3ccc([N+](=O)[O-])cc3C)c(=S)o2)cc1. The summed E-state index contributed by atoms with van der Waals surface area (Å²) >= 11 is 5.10. The number of nitrogens with one attached hydrogen (secondary N) is 1. The molecule has 3 aromatic rings. The van der Waals surface area contributed by atoms with Crippen molar-refractivity contribution in [2.24, 2.45) is 0 Å². The number of carbonyl (C=O) groups excluding carboxylic acids is 1. The Labute approximate surface area is 171 Å². The number of anilines is 1. The number of rotatable bonds is 7. The zero-order valence-electron chi connectivity index (χ0n) is 15.7. The van der Waals surface area contributed by atoms with E-state index in [1.165, 1.54) is 22.9 Å². The lowest BCUT2D eigenvalue weighted by Crippen LogP contribution is -2.20. The van der Waals surface area contributed by atoms with Gasteiger partial charge in [0.1, 0.15) is 12.3 Å². The molecule has 0 spiro atoms. The van der Waals surface area contributed by atoms with Crippen molar-refractivity contribution in [3.8, 4) is 5.75 Å². The molecule has 0 unspecified atom stereocenters. The molecule has 0 aliphatic heterocycles. The molecule has 2 aromatic carbocycles. The molecule has 0 fully saturated rings. The molecule has 29 heavy (non-hydrogen) atoms. The first-order valence-electron chi connectivity index (χ1n) is 8.63. The molecule has 1 heterocycles. The predicted molar refractivity (Wildman–Crippen MR) is 107 cm³/mol. The molecule has 0 aliphatic carbocycles. The van der Waals surface area contributed by atoms with E-state index < -0.39 is 10.8 Å². The van der Waals surface area contributed by atoms with Crippen LogP contribution in [0.15, 0.2) is 46.9 Å². The lowest BCUT2D eigenvalue weighted by Gasteiger charge is -2.07. The molecule has 0 bridgehead atoms. The van der Waals surface area contributed by atoms with Gasteiger partial charge in [0.15, 0.2) is 6.61 Å². The van der Waals surface area contributed by atoms with Crippen LogP contribution in [0.25, 0.3) is 0 Å². The van der Waals surface area contributed by atoms with E-state index in [1.54, 1.807) is 6.92 Å². The molecular weight excluding hydrogens is 396 g/mol. The molecule has 150 valence electrons. The topological polar surface area (TPSA) is 112 Å². The van der Waals surface area contributed by atoms with Gasteiger partial charge in [0.05, 0.1) is 4.92 Å². The van der Waals surface area contributed by atoms with Gasteiger partial charge in [-0.3, -0.25) is 14.9 Å². The Balaban J connectivity index is 1.61. The van der Waals surface area contributed by atoms with Crippen molar-refractivity contribution in [2.45, 2.75) is 27.0 Å². The minimum absolute atomic E-state index is 0.0440. The second-order valence-electron chi connectivity index (χ2n) is 6.33. The minimum Gasteiger partial charge on any atom is -0.484 e. The quantitative estimate of drug-likeness (QED) is 0.354. The fraction of sp³-hybridized carbons (Fsp3) is 0.211. The highest BCUT2D eigenvalue weighted by Gasteiger charge is 2.13. The van der Waals surface area contributed by atoms with Crippen molar-refractivity contribution >= 4 is 29.5 Å². The Bertz CT molecular complexity index is 1100. The predicted octanol–water partition coefficient (Wildman–Crippen LogP) is 3.95. The molecule has 0 saturated carbocycles. The molecule has 0 atom stereocenters. The summed E-state index contributed by atoms with van der Waals surface area (Å²) in [5, 5.41) is 17.6. The van der Waals surface area contributed by atoms with E-state index in [9.17, 15) is 14.9 Å². The van der Waals surface area contributed by atoms with Crippen molar-refractivity contribution in [2.75, 3.05) is 5.32 Å². The number of nitrogens with zero attached hydrogens (tertiary/aromatic N) is 3. The molecule has 1 aromatic heterocycles. The second kappa shape index (κ2) is 8.65. The molecule has 0 aliphatic rings. The average Bonchev–Trinajstić information content (AvgIpc) is 3.02. The summed E-state index contributed by atoms with van der Waals surface area (Å²) in [5.74, 6) is 0.518. The summed E-state index contributed by atoms with van der Waals surface area (Å²) < 4.78 is 12.2. The summed E-state index contributed by atoms with van der Waals surface area (Å²) in [6.07, 6.45) is 0. The van der Waals surface area contributed by atoms with Gasteiger partial charge in [-0.2, -0.15) is 0 Å². The van der Waals surface area contributed by atoms with E-state index in [0.29, 0.717) is 17.0 Å². The monoisotopic (exact) mass is 414 g/mol. The maximum Gasteiger partial charge on any atom is 0.287 e. The highest BCUT2D eigenvalue weighted by molar-refractivity contribution is 7.71. The van der Waals surface area contributed by atoms with Crippen LogP contribution in [-0.2, 0) is 17.9 Å². The lowest BCUT2D eigenvalue weighted by atomic mass is 10.2. The molecule has 3 rings (SSSR count). The van der Waals surface area contributed by atoms with Crippen LogP contribution in [0.1, 0.15) is 17.0 Å². The summed E-state index contributed by atoms with van der Waals surface area (Å²) in [7, 11) is 0. The van der Waals surface area contributed by atoms with Gasteiger partial charge in [0, 0.05) is 17.8 Å². The number of amides is 1. The third kappa shape index (κ3) is 5.26. The van der Waals surface area contributed by atoms with E-state index in [2.05, 4.69) is 10.4 Å². The molecular formula is C19H18N4O5S. The highest BCUT2D eigenvalue weighted by Crippen LogP contribution is 2.21. The van der Waals surface area contributed by atoms with Gasteiger partial charge in [-0.05, 0) is 49.8 Å². The first-order chi connectivity index (χ1) is 13.8.